The van der Waals surface area contributed by atoms with E-state index in [4.69, 9.17) is 11.6 Å². The van der Waals surface area contributed by atoms with Crippen LogP contribution in [0.2, 0.25) is 5.02 Å². The molecule has 1 aliphatic heterocycles. The van der Waals surface area contributed by atoms with Crippen molar-refractivity contribution < 1.29 is 4.79 Å². The van der Waals surface area contributed by atoms with Gasteiger partial charge in [0.05, 0.1) is 16.8 Å². The summed E-state index contributed by atoms with van der Waals surface area (Å²) in [6, 6.07) is 7.22. The molecule has 0 saturated carbocycles. The fourth-order valence-corrected chi connectivity index (χ4v) is 2.73. The van der Waals surface area contributed by atoms with Crippen molar-refractivity contribution in [3.63, 3.8) is 0 Å². The molecule has 1 heterocycles. The predicted molar refractivity (Wildman–Crippen MR) is 79.5 cm³/mol. The van der Waals surface area contributed by atoms with Crippen molar-refractivity contribution in [3.05, 3.63) is 29.3 Å². The summed E-state index contributed by atoms with van der Waals surface area (Å²) in [6.07, 6.45) is 2.43. The number of hydrogen-bond acceptors (Lipinski definition) is 2. The summed E-state index contributed by atoms with van der Waals surface area (Å²) < 4.78 is 0. The molecule has 0 aromatic heterocycles. The Hall–Kier alpha value is -1.06. The second kappa shape index (κ2) is 6.40. The number of nitrogens with one attached hydrogen (secondary N) is 1. The quantitative estimate of drug-likeness (QED) is 0.920. The zero-order valence-electron chi connectivity index (χ0n) is 11.5. The highest BCUT2D eigenvalue weighted by atomic mass is 35.5. The smallest absolute Gasteiger partial charge is 0.241 e. The average molecular weight is 281 g/mol. The van der Waals surface area contributed by atoms with Crippen molar-refractivity contribution in [1.82, 2.24) is 4.90 Å². The van der Waals surface area contributed by atoms with Gasteiger partial charge in [0, 0.05) is 6.54 Å². The number of halogens is 1. The highest BCUT2D eigenvalue weighted by Crippen LogP contribution is 2.22. The first-order valence-electron chi connectivity index (χ1n) is 6.87. The Labute approximate surface area is 119 Å². The molecule has 0 radical (unpaired) electrons. The first-order valence-corrected chi connectivity index (χ1v) is 7.25. The van der Waals surface area contributed by atoms with Crippen molar-refractivity contribution in [2.45, 2.75) is 32.7 Å². The van der Waals surface area contributed by atoms with Gasteiger partial charge in [-0.05, 0) is 44.4 Å². The molecular formula is C15H21ClN2O. The Morgan fingerprint density at radius 1 is 1.47 bits per heavy atom. The Bertz CT molecular complexity index is 450. The SMILES string of the molecule is CC1CCCN(C(C)C(=O)Nc2ccccc2Cl)C1. The molecule has 3 nitrogen and oxygen atoms in total. The van der Waals surface area contributed by atoms with E-state index in [0.29, 0.717) is 16.6 Å². The third-order valence-corrected chi connectivity index (χ3v) is 4.08. The van der Waals surface area contributed by atoms with Gasteiger partial charge in [0.25, 0.3) is 0 Å². The number of hydrogen-bond donors (Lipinski definition) is 1. The number of likely N-dealkylation sites (tertiary alicyclic amines) is 1. The van der Waals surface area contributed by atoms with Crippen molar-refractivity contribution in [1.29, 1.82) is 0 Å². The average Bonchev–Trinajstić information content (AvgIpc) is 2.40. The van der Waals surface area contributed by atoms with E-state index < -0.39 is 0 Å². The number of carbonyl (C=O) groups is 1. The third-order valence-electron chi connectivity index (χ3n) is 3.75. The van der Waals surface area contributed by atoms with Crippen LogP contribution in [0.4, 0.5) is 5.69 Å². The maximum absolute atomic E-state index is 12.3. The van der Waals surface area contributed by atoms with Crippen LogP contribution in [0.25, 0.3) is 0 Å². The molecule has 19 heavy (non-hydrogen) atoms. The van der Waals surface area contributed by atoms with Gasteiger partial charge in [0.1, 0.15) is 0 Å². The second-order valence-corrected chi connectivity index (χ2v) is 5.79. The summed E-state index contributed by atoms with van der Waals surface area (Å²) in [7, 11) is 0. The van der Waals surface area contributed by atoms with Crippen molar-refractivity contribution in [2.75, 3.05) is 18.4 Å². The van der Waals surface area contributed by atoms with E-state index in [1.54, 1.807) is 6.07 Å². The topological polar surface area (TPSA) is 32.3 Å². The summed E-state index contributed by atoms with van der Waals surface area (Å²) in [5.41, 5.74) is 0.686. The van der Waals surface area contributed by atoms with Gasteiger partial charge in [0.15, 0.2) is 0 Å². The van der Waals surface area contributed by atoms with E-state index in [0.717, 1.165) is 13.1 Å². The lowest BCUT2D eigenvalue weighted by atomic mass is 9.99. The third kappa shape index (κ3) is 3.71. The van der Waals surface area contributed by atoms with Crippen LogP contribution in [0.1, 0.15) is 26.7 Å². The van der Waals surface area contributed by atoms with Crippen LogP contribution in [0.15, 0.2) is 24.3 Å². The fraction of sp³-hybridized carbons (Fsp3) is 0.533. The Morgan fingerprint density at radius 2 is 2.21 bits per heavy atom. The standard InChI is InChI=1S/C15H21ClN2O/c1-11-6-5-9-18(10-11)12(2)15(19)17-14-8-4-3-7-13(14)16/h3-4,7-8,11-12H,5-6,9-10H2,1-2H3,(H,17,19). The molecule has 1 aromatic carbocycles. The van der Waals surface area contributed by atoms with Crippen molar-refractivity contribution in [3.8, 4) is 0 Å². The van der Waals surface area contributed by atoms with Crippen molar-refractivity contribution in [2.24, 2.45) is 5.92 Å². The second-order valence-electron chi connectivity index (χ2n) is 5.39. The van der Waals surface area contributed by atoms with Crippen LogP contribution < -0.4 is 5.32 Å². The van der Waals surface area contributed by atoms with Crippen LogP contribution >= 0.6 is 11.6 Å². The van der Waals surface area contributed by atoms with Gasteiger partial charge in [-0.3, -0.25) is 9.69 Å². The molecule has 1 aromatic rings. The van der Waals surface area contributed by atoms with Gasteiger partial charge in [0.2, 0.25) is 5.91 Å². The molecule has 1 aliphatic rings. The lowest BCUT2D eigenvalue weighted by molar-refractivity contribution is -0.121. The van der Waals surface area contributed by atoms with E-state index in [-0.39, 0.29) is 11.9 Å². The summed E-state index contributed by atoms with van der Waals surface area (Å²) in [4.78, 5) is 14.5. The Balaban J connectivity index is 1.97. The Kier molecular flexibility index (Phi) is 4.83. The summed E-state index contributed by atoms with van der Waals surface area (Å²) in [5.74, 6) is 0.687. The minimum absolute atomic E-state index is 0.0159. The molecule has 0 bridgehead atoms. The molecule has 4 heteroatoms. The Morgan fingerprint density at radius 3 is 2.89 bits per heavy atom. The molecular weight excluding hydrogens is 260 g/mol. The minimum Gasteiger partial charge on any atom is -0.323 e. The number of benzene rings is 1. The van der Waals surface area contributed by atoms with Gasteiger partial charge in [-0.2, -0.15) is 0 Å². The van der Waals surface area contributed by atoms with E-state index >= 15 is 0 Å². The van der Waals surface area contributed by atoms with Crippen LogP contribution in [-0.4, -0.2) is 29.9 Å². The zero-order valence-corrected chi connectivity index (χ0v) is 12.3. The van der Waals surface area contributed by atoms with Gasteiger partial charge in [-0.25, -0.2) is 0 Å². The zero-order chi connectivity index (χ0) is 13.8. The normalized spacial score (nSPS) is 21.9. The first-order chi connectivity index (χ1) is 9.08. The maximum atomic E-state index is 12.3. The van der Waals surface area contributed by atoms with Crippen LogP contribution in [0, 0.1) is 5.92 Å². The minimum atomic E-state index is -0.112. The molecule has 2 unspecified atom stereocenters. The van der Waals surface area contributed by atoms with Gasteiger partial charge < -0.3 is 5.32 Å². The molecule has 0 spiro atoms. The lowest BCUT2D eigenvalue weighted by Crippen LogP contribution is -2.46. The van der Waals surface area contributed by atoms with Crippen LogP contribution in [-0.2, 0) is 4.79 Å². The number of nitrogens with zero attached hydrogens (tertiary/aromatic N) is 1. The highest BCUT2D eigenvalue weighted by molar-refractivity contribution is 6.33. The van der Waals surface area contributed by atoms with Gasteiger partial charge >= 0.3 is 0 Å². The molecule has 1 N–H and O–H groups in total. The maximum Gasteiger partial charge on any atom is 0.241 e. The summed E-state index contributed by atoms with van der Waals surface area (Å²) in [5, 5.41) is 3.49. The largest absolute Gasteiger partial charge is 0.323 e. The number of piperidine rings is 1. The van der Waals surface area contributed by atoms with Crippen LogP contribution in [0.3, 0.4) is 0 Å². The van der Waals surface area contributed by atoms with E-state index in [1.165, 1.54) is 12.8 Å². The molecule has 1 fully saturated rings. The first kappa shape index (κ1) is 14.4. The molecule has 1 amide bonds. The molecule has 104 valence electrons. The number of carbonyl (C=O) groups excluding carboxylic acids is 1. The lowest BCUT2D eigenvalue weighted by Gasteiger charge is -2.34. The summed E-state index contributed by atoms with van der Waals surface area (Å²) >= 11 is 6.05. The molecule has 2 rings (SSSR count). The number of anilines is 1. The van der Waals surface area contributed by atoms with E-state index in [9.17, 15) is 4.79 Å². The molecule has 2 atom stereocenters. The summed E-state index contributed by atoms with van der Waals surface area (Å²) in [6.45, 7) is 6.20. The molecule has 0 aliphatic carbocycles. The van der Waals surface area contributed by atoms with Gasteiger partial charge in [-0.1, -0.05) is 30.7 Å². The fourth-order valence-electron chi connectivity index (χ4n) is 2.54. The monoisotopic (exact) mass is 280 g/mol. The van der Waals surface area contributed by atoms with Crippen molar-refractivity contribution >= 4 is 23.2 Å². The number of amides is 1. The number of rotatable bonds is 3. The predicted octanol–water partition coefficient (Wildman–Crippen LogP) is 3.40. The van der Waals surface area contributed by atoms with Crippen LogP contribution in [0.5, 0.6) is 0 Å². The molecule has 1 saturated heterocycles. The highest BCUT2D eigenvalue weighted by Gasteiger charge is 2.25. The van der Waals surface area contributed by atoms with E-state index in [2.05, 4.69) is 17.1 Å². The van der Waals surface area contributed by atoms with E-state index in [1.807, 2.05) is 25.1 Å². The van der Waals surface area contributed by atoms with Gasteiger partial charge in [-0.15, -0.1) is 0 Å². The number of para-hydroxylation sites is 1.